The van der Waals surface area contributed by atoms with E-state index in [2.05, 4.69) is 15.0 Å². The number of aryl methyl sites for hydroxylation is 2. The van der Waals surface area contributed by atoms with Crippen LogP contribution in [0.1, 0.15) is 35.1 Å². The van der Waals surface area contributed by atoms with E-state index in [0.717, 1.165) is 0 Å². The molecule has 0 atom stereocenters. The molecule has 5 heteroatoms. The molecule has 0 saturated carbocycles. The first kappa shape index (κ1) is 25.5. The van der Waals surface area contributed by atoms with E-state index in [1.54, 1.807) is 37.4 Å². The van der Waals surface area contributed by atoms with Gasteiger partial charge in [-0.3, -0.25) is 4.98 Å². The SMILES string of the molecule is C.CC.CC.Cn1ccnc1.Cn1ccnc1.c1ccncc1. The second kappa shape index (κ2) is 21.9. The summed E-state index contributed by atoms with van der Waals surface area (Å²) in [4.78, 5) is 11.4. The van der Waals surface area contributed by atoms with E-state index in [1.165, 1.54) is 0 Å². The van der Waals surface area contributed by atoms with Gasteiger partial charge in [-0.2, -0.15) is 0 Å². The number of aromatic nitrogens is 5. The second-order valence-electron chi connectivity index (χ2n) is 3.48. The van der Waals surface area contributed by atoms with Gasteiger partial charge in [-0.1, -0.05) is 41.2 Å². The summed E-state index contributed by atoms with van der Waals surface area (Å²) in [7, 11) is 3.88. The summed E-state index contributed by atoms with van der Waals surface area (Å²) < 4.78 is 3.78. The molecule has 3 heterocycles. The molecule has 0 aliphatic rings. The molecular formula is C18H33N5. The maximum absolute atomic E-state index is 3.78. The molecule has 0 spiro atoms. The smallest absolute Gasteiger partial charge is 0.0943 e. The standard InChI is InChI=1S/C5H5N.2C4H6N2.2C2H6.CH4/c1-2-4-6-5-3-1;2*1-6-3-2-5-4-6;2*1-2;/h1-5H;2*2-4H,1H3;2*1-2H3;1H4. The van der Waals surface area contributed by atoms with E-state index in [0.29, 0.717) is 0 Å². The van der Waals surface area contributed by atoms with Crippen LogP contribution in [0.2, 0.25) is 0 Å². The first-order valence-electron chi connectivity index (χ1n) is 7.48. The monoisotopic (exact) mass is 319 g/mol. The Bertz CT molecular complexity index is 416. The molecule has 5 nitrogen and oxygen atoms in total. The summed E-state index contributed by atoms with van der Waals surface area (Å²) in [5.74, 6) is 0. The third kappa shape index (κ3) is 19.6. The lowest BCUT2D eigenvalue weighted by molar-refractivity contribution is 0.913. The van der Waals surface area contributed by atoms with Gasteiger partial charge in [0.25, 0.3) is 0 Å². The Labute approximate surface area is 142 Å². The molecule has 0 unspecified atom stereocenters. The third-order valence-electron chi connectivity index (χ3n) is 1.84. The molecule has 0 N–H and O–H groups in total. The van der Waals surface area contributed by atoms with Gasteiger partial charge < -0.3 is 9.13 Å². The number of imidazole rings is 2. The van der Waals surface area contributed by atoms with Crippen molar-refractivity contribution in [1.29, 1.82) is 0 Å². The topological polar surface area (TPSA) is 48.5 Å². The Kier molecular flexibility index (Phi) is 24.3. The molecule has 23 heavy (non-hydrogen) atoms. The van der Waals surface area contributed by atoms with Gasteiger partial charge in [0.15, 0.2) is 0 Å². The van der Waals surface area contributed by atoms with Gasteiger partial charge in [0.1, 0.15) is 0 Å². The minimum absolute atomic E-state index is 0. The molecule has 0 radical (unpaired) electrons. The van der Waals surface area contributed by atoms with Crippen LogP contribution in [0.3, 0.4) is 0 Å². The lowest BCUT2D eigenvalue weighted by atomic mass is 10.5. The van der Waals surface area contributed by atoms with Crippen molar-refractivity contribution in [1.82, 2.24) is 24.1 Å². The van der Waals surface area contributed by atoms with Gasteiger partial charge in [-0.25, -0.2) is 9.97 Å². The summed E-state index contributed by atoms with van der Waals surface area (Å²) in [6.07, 6.45) is 14.3. The minimum atomic E-state index is 0. The first-order valence-corrected chi connectivity index (χ1v) is 7.48. The molecule has 0 saturated heterocycles. The van der Waals surface area contributed by atoms with E-state index in [1.807, 2.05) is 81.5 Å². The molecule has 0 amide bonds. The minimum Gasteiger partial charge on any atom is -0.341 e. The molecule has 3 aromatic rings. The van der Waals surface area contributed by atoms with E-state index in [-0.39, 0.29) is 7.43 Å². The van der Waals surface area contributed by atoms with Crippen molar-refractivity contribution in [3.8, 4) is 0 Å². The van der Waals surface area contributed by atoms with Crippen LogP contribution in [0, 0.1) is 0 Å². The lowest BCUT2D eigenvalue weighted by Gasteiger charge is -1.76. The largest absolute Gasteiger partial charge is 0.341 e. The highest BCUT2D eigenvalue weighted by molar-refractivity contribution is 4.88. The predicted octanol–water partition coefficient (Wildman–Crippen LogP) is 4.61. The normalized spacial score (nSPS) is 7.22. The zero-order valence-electron chi connectivity index (χ0n) is 14.6. The summed E-state index contributed by atoms with van der Waals surface area (Å²) >= 11 is 0. The summed E-state index contributed by atoms with van der Waals surface area (Å²) in [5.41, 5.74) is 0. The first-order chi connectivity index (χ1) is 10.8. The third-order valence-corrected chi connectivity index (χ3v) is 1.84. The molecule has 130 valence electrons. The van der Waals surface area contributed by atoms with Crippen molar-refractivity contribution in [2.45, 2.75) is 35.1 Å². The Morgan fingerprint density at radius 3 is 1.04 bits per heavy atom. The maximum Gasteiger partial charge on any atom is 0.0943 e. The van der Waals surface area contributed by atoms with Crippen molar-refractivity contribution in [2.24, 2.45) is 14.1 Å². The van der Waals surface area contributed by atoms with Gasteiger partial charge in [0, 0.05) is 51.3 Å². The van der Waals surface area contributed by atoms with Gasteiger partial charge >= 0.3 is 0 Å². The van der Waals surface area contributed by atoms with Crippen LogP contribution >= 0.6 is 0 Å². The van der Waals surface area contributed by atoms with Crippen molar-refractivity contribution in [2.75, 3.05) is 0 Å². The van der Waals surface area contributed by atoms with Crippen LogP contribution in [0.4, 0.5) is 0 Å². The number of nitrogens with zero attached hydrogens (tertiary/aromatic N) is 5. The Hall–Kier alpha value is -2.43. The van der Waals surface area contributed by atoms with Crippen molar-refractivity contribution >= 4 is 0 Å². The highest BCUT2D eigenvalue weighted by Crippen LogP contribution is 1.74. The Morgan fingerprint density at radius 2 is 0.957 bits per heavy atom. The summed E-state index contributed by atoms with van der Waals surface area (Å²) in [5, 5.41) is 0. The fraction of sp³-hybridized carbons (Fsp3) is 0.389. The highest BCUT2D eigenvalue weighted by Gasteiger charge is 1.69. The molecular weight excluding hydrogens is 286 g/mol. The van der Waals surface area contributed by atoms with Gasteiger partial charge in [0.2, 0.25) is 0 Å². The Morgan fingerprint density at radius 1 is 0.565 bits per heavy atom. The van der Waals surface area contributed by atoms with Gasteiger partial charge in [0.05, 0.1) is 12.7 Å². The Balaban J connectivity index is -0.000000231. The fourth-order valence-corrected chi connectivity index (χ4v) is 0.964. The summed E-state index contributed by atoms with van der Waals surface area (Å²) in [6, 6.07) is 5.72. The lowest BCUT2D eigenvalue weighted by Crippen LogP contribution is -1.76. The van der Waals surface area contributed by atoms with Gasteiger partial charge in [-0.15, -0.1) is 0 Å². The van der Waals surface area contributed by atoms with Gasteiger partial charge in [-0.05, 0) is 12.1 Å². The molecule has 0 aliphatic carbocycles. The molecule has 3 aromatic heterocycles. The van der Waals surface area contributed by atoms with E-state index in [4.69, 9.17) is 0 Å². The van der Waals surface area contributed by atoms with Crippen LogP contribution < -0.4 is 0 Å². The number of hydrogen-bond acceptors (Lipinski definition) is 3. The highest BCUT2D eigenvalue weighted by atomic mass is 15.0. The van der Waals surface area contributed by atoms with E-state index >= 15 is 0 Å². The average Bonchev–Trinajstić information content (AvgIpc) is 3.28. The fourth-order valence-electron chi connectivity index (χ4n) is 0.964. The second-order valence-corrected chi connectivity index (χ2v) is 3.48. The van der Waals surface area contributed by atoms with Crippen molar-refractivity contribution in [3.05, 3.63) is 68.0 Å². The summed E-state index contributed by atoms with van der Waals surface area (Å²) in [6.45, 7) is 8.00. The van der Waals surface area contributed by atoms with Crippen LogP contribution in [0.15, 0.2) is 68.0 Å². The van der Waals surface area contributed by atoms with Crippen molar-refractivity contribution < 1.29 is 0 Å². The molecule has 0 fully saturated rings. The quantitative estimate of drug-likeness (QED) is 0.608. The molecule has 0 bridgehead atoms. The average molecular weight is 319 g/mol. The number of rotatable bonds is 0. The molecule has 0 aliphatic heterocycles. The molecule has 0 aromatic carbocycles. The van der Waals surface area contributed by atoms with Crippen LogP contribution in [-0.2, 0) is 14.1 Å². The molecule has 3 rings (SSSR count). The van der Waals surface area contributed by atoms with E-state index in [9.17, 15) is 0 Å². The number of pyridine rings is 1. The van der Waals surface area contributed by atoms with Crippen LogP contribution in [-0.4, -0.2) is 24.1 Å². The number of hydrogen-bond donors (Lipinski definition) is 0. The van der Waals surface area contributed by atoms with Crippen molar-refractivity contribution in [3.63, 3.8) is 0 Å². The predicted molar refractivity (Wildman–Crippen MR) is 100 cm³/mol. The van der Waals surface area contributed by atoms with E-state index < -0.39 is 0 Å². The zero-order chi connectivity index (χ0) is 17.1. The van der Waals surface area contributed by atoms with Crippen LogP contribution in [0.25, 0.3) is 0 Å². The zero-order valence-corrected chi connectivity index (χ0v) is 14.6. The van der Waals surface area contributed by atoms with Crippen LogP contribution in [0.5, 0.6) is 0 Å². The maximum atomic E-state index is 3.78.